The Hall–Kier alpha value is -6.16. The van der Waals surface area contributed by atoms with E-state index in [1.807, 2.05) is 11.3 Å². The lowest BCUT2D eigenvalue weighted by atomic mass is 10.0. The van der Waals surface area contributed by atoms with Crippen molar-refractivity contribution in [3.63, 3.8) is 0 Å². The number of anilines is 3. The highest BCUT2D eigenvalue weighted by Gasteiger charge is 2.17. The molecule has 0 aliphatic heterocycles. The van der Waals surface area contributed by atoms with Gasteiger partial charge in [-0.2, -0.15) is 0 Å². The summed E-state index contributed by atoms with van der Waals surface area (Å²) in [6, 6.07) is 66.2. The first-order chi connectivity index (χ1) is 24.3. The predicted molar refractivity (Wildman–Crippen MR) is 211 cm³/mol. The number of benzene rings is 8. The van der Waals surface area contributed by atoms with Crippen LogP contribution >= 0.6 is 11.3 Å². The Morgan fingerprint density at radius 3 is 1.67 bits per heavy atom. The van der Waals surface area contributed by atoms with Crippen LogP contribution < -0.4 is 4.90 Å². The van der Waals surface area contributed by atoms with Crippen LogP contribution in [0.4, 0.5) is 17.1 Å². The lowest BCUT2D eigenvalue weighted by Crippen LogP contribution is -2.09. The van der Waals surface area contributed by atoms with E-state index in [1.165, 1.54) is 69.6 Å². The van der Waals surface area contributed by atoms with E-state index >= 15 is 0 Å². The molecule has 2 aromatic heterocycles. The molecule has 0 aliphatic rings. The van der Waals surface area contributed by atoms with Crippen molar-refractivity contribution in [1.82, 2.24) is 4.57 Å². The Morgan fingerprint density at radius 1 is 0.367 bits per heavy atom. The molecule has 0 unspecified atom stereocenters. The van der Waals surface area contributed by atoms with Gasteiger partial charge in [-0.25, -0.2) is 0 Å². The van der Waals surface area contributed by atoms with Gasteiger partial charge < -0.3 is 9.47 Å². The van der Waals surface area contributed by atoms with Crippen LogP contribution in [0.2, 0.25) is 0 Å². The fourth-order valence-electron chi connectivity index (χ4n) is 7.43. The number of fused-ring (bicyclic) bond motifs is 7. The first kappa shape index (κ1) is 27.9. The molecule has 10 rings (SSSR count). The fraction of sp³-hybridized carbons (Fsp3) is 0. The smallest absolute Gasteiger partial charge is 0.0541 e. The monoisotopic (exact) mass is 642 g/mol. The minimum Gasteiger partial charge on any atom is -0.310 e. The van der Waals surface area contributed by atoms with Crippen molar-refractivity contribution in [3.05, 3.63) is 182 Å². The summed E-state index contributed by atoms with van der Waals surface area (Å²) < 4.78 is 4.99. The molecule has 10 aromatic rings. The summed E-state index contributed by atoms with van der Waals surface area (Å²) in [5.74, 6) is 0. The second-order valence-corrected chi connectivity index (χ2v) is 13.7. The van der Waals surface area contributed by atoms with Crippen molar-refractivity contribution in [2.45, 2.75) is 0 Å². The first-order valence-corrected chi connectivity index (χ1v) is 17.5. The predicted octanol–water partition coefficient (Wildman–Crippen LogP) is 13.4. The van der Waals surface area contributed by atoms with E-state index < -0.39 is 0 Å². The second-order valence-electron chi connectivity index (χ2n) is 12.6. The van der Waals surface area contributed by atoms with Crippen LogP contribution in [0.25, 0.3) is 69.6 Å². The first-order valence-electron chi connectivity index (χ1n) is 16.7. The molecule has 3 heteroatoms. The quantitative estimate of drug-likeness (QED) is 0.181. The van der Waals surface area contributed by atoms with Crippen molar-refractivity contribution >= 4 is 81.1 Å². The van der Waals surface area contributed by atoms with E-state index in [9.17, 15) is 0 Å². The maximum absolute atomic E-state index is 2.41. The van der Waals surface area contributed by atoms with E-state index in [2.05, 4.69) is 191 Å². The van der Waals surface area contributed by atoms with Gasteiger partial charge in [-0.05, 0) is 94.7 Å². The van der Waals surface area contributed by atoms with Gasteiger partial charge in [0.05, 0.1) is 11.0 Å². The van der Waals surface area contributed by atoms with Crippen molar-refractivity contribution in [3.8, 4) is 16.8 Å². The maximum atomic E-state index is 2.41. The van der Waals surface area contributed by atoms with E-state index in [4.69, 9.17) is 0 Å². The summed E-state index contributed by atoms with van der Waals surface area (Å²) in [5, 5.41) is 7.57. The molecule has 0 saturated carbocycles. The molecule has 0 radical (unpaired) electrons. The molecule has 2 nitrogen and oxygen atoms in total. The normalized spacial score (nSPS) is 11.7. The molecule has 0 amide bonds. The highest BCUT2D eigenvalue weighted by Crippen LogP contribution is 2.43. The Labute approximate surface area is 288 Å². The standard InChI is InChI=1S/C46H30N2S/c1-2-10-31(11-3-1)33-18-21-35(22-19-33)47(36-23-20-32-12-4-5-13-34(32)28-36)37-24-26-45-41(29-37)42-30-38(25-27-46(42)49-45)48-43-16-8-6-14-39(43)40-15-7-9-17-44(40)48/h1-30H. The summed E-state index contributed by atoms with van der Waals surface area (Å²) in [7, 11) is 0. The zero-order chi connectivity index (χ0) is 32.3. The summed E-state index contributed by atoms with van der Waals surface area (Å²) in [6.45, 7) is 0. The Morgan fingerprint density at radius 2 is 0.918 bits per heavy atom. The van der Waals surface area contributed by atoms with Gasteiger partial charge in [-0.1, -0.05) is 109 Å². The minimum absolute atomic E-state index is 1.12. The van der Waals surface area contributed by atoms with Gasteiger partial charge in [0.1, 0.15) is 0 Å². The number of rotatable bonds is 5. The molecule has 0 N–H and O–H groups in total. The summed E-state index contributed by atoms with van der Waals surface area (Å²) >= 11 is 1.86. The van der Waals surface area contributed by atoms with E-state index in [1.54, 1.807) is 0 Å². The average Bonchev–Trinajstić information content (AvgIpc) is 3.70. The minimum atomic E-state index is 1.12. The molecule has 0 spiro atoms. The van der Waals surface area contributed by atoms with Crippen LogP contribution in [-0.2, 0) is 0 Å². The SMILES string of the molecule is c1ccc(-c2ccc(N(c3ccc4ccccc4c3)c3ccc4sc5ccc(-n6c7ccccc7c7ccccc76)cc5c4c3)cc2)cc1. The molecule has 0 aliphatic carbocycles. The molecule has 2 heterocycles. The number of para-hydroxylation sites is 2. The number of hydrogen-bond donors (Lipinski definition) is 0. The molecule has 0 saturated heterocycles. The third-order valence-corrected chi connectivity index (χ3v) is 10.9. The van der Waals surface area contributed by atoms with Gasteiger partial charge in [-0.3, -0.25) is 0 Å². The summed E-state index contributed by atoms with van der Waals surface area (Å²) in [4.78, 5) is 2.39. The third kappa shape index (κ3) is 4.62. The Balaban J connectivity index is 1.15. The molecule has 0 bridgehead atoms. The number of thiophene rings is 1. The fourth-order valence-corrected chi connectivity index (χ4v) is 8.50. The van der Waals surface area contributed by atoms with E-state index in [-0.39, 0.29) is 0 Å². The highest BCUT2D eigenvalue weighted by molar-refractivity contribution is 7.25. The van der Waals surface area contributed by atoms with Crippen LogP contribution in [-0.4, -0.2) is 4.57 Å². The van der Waals surface area contributed by atoms with Gasteiger partial charge >= 0.3 is 0 Å². The maximum Gasteiger partial charge on any atom is 0.0541 e. The molecule has 0 fully saturated rings. The molecule has 49 heavy (non-hydrogen) atoms. The molecule has 8 aromatic carbocycles. The van der Waals surface area contributed by atoms with Gasteiger partial charge in [0, 0.05) is 53.7 Å². The average molecular weight is 643 g/mol. The summed E-state index contributed by atoms with van der Waals surface area (Å²) in [5.41, 5.74) is 9.46. The van der Waals surface area contributed by atoms with Crippen LogP contribution in [0, 0.1) is 0 Å². The second kappa shape index (κ2) is 11.2. The van der Waals surface area contributed by atoms with Crippen molar-refractivity contribution in [2.75, 3.05) is 4.90 Å². The zero-order valence-electron chi connectivity index (χ0n) is 26.6. The molecule has 230 valence electrons. The van der Waals surface area contributed by atoms with Gasteiger partial charge in [0.15, 0.2) is 0 Å². The van der Waals surface area contributed by atoms with Crippen LogP contribution in [0.3, 0.4) is 0 Å². The third-order valence-electron chi connectivity index (χ3n) is 9.76. The number of aromatic nitrogens is 1. The lowest BCUT2D eigenvalue weighted by molar-refractivity contribution is 1.19. The summed E-state index contributed by atoms with van der Waals surface area (Å²) in [6.07, 6.45) is 0. The van der Waals surface area contributed by atoms with E-state index in [0.29, 0.717) is 0 Å². The zero-order valence-corrected chi connectivity index (χ0v) is 27.4. The molecular weight excluding hydrogens is 613 g/mol. The largest absolute Gasteiger partial charge is 0.310 e. The van der Waals surface area contributed by atoms with Crippen molar-refractivity contribution in [2.24, 2.45) is 0 Å². The van der Waals surface area contributed by atoms with Gasteiger partial charge in [0.25, 0.3) is 0 Å². The lowest BCUT2D eigenvalue weighted by Gasteiger charge is -2.26. The van der Waals surface area contributed by atoms with Crippen LogP contribution in [0.15, 0.2) is 182 Å². The van der Waals surface area contributed by atoms with Crippen molar-refractivity contribution < 1.29 is 0 Å². The highest BCUT2D eigenvalue weighted by atomic mass is 32.1. The molecule has 0 atom stereocenters. The van der Waals surface area contributed by atoms with Crippen LogP contribution in [0.5, 0.6) is 0 Å². The van der Waals surface area contributed by atoms with E-state index in [0.717, 1.165) is 17.1 Å². The van der Waals surface area contributed by atoms with Gasteiger partial charge in [0.2, 0.25) is 0 Å². The van der Waals surface area contributed by atoms with Crippen LogP contribution in [0.1, 0.15) is 0 Å². The number of hydrogen-bond acceptors (Lipinski definition) is 2. The Bertz CT molecular complexity index is 2770. The number of nitrogens with zero attached hydrogens (tertiary/aromatic N) is 2. The van der Waals surface area contributed by atoms with Gasteiger partial charge in [-0.15, -0.1) is 11.3 Å². The van der Waals surface area contributed by atoms with Crippen molar-refractivity contribution in [1.29, 1.82) is 0 Å². The Kier molecular flexibility index (Phi) is 6.39. The molecular formula is C46H30N2S. The topological polar surface area (TPSA) is 8.17 Å².